The fraction of sp³-hybridized carbons (Fsp3) is 0.158. The van der Waals surface area contributed by atoms with Gasteiger partial charge in [-0.05, 0) is 35.2 Å². The molecule has 5 nitrogen and oxygen atoms in total. The normalized spacial score (nSPS) is 10.3. The van der Waals surface area contributed by atoms with Crippen LogP contribution in [0, 0.1) is 0 Å². The number of rotatable bonds is 6. The number of methoxy groups -OCH3 is 2. The zero-order valence-corrected chi connectivity index (χ0v) is 14.8. The lowest BCUT2D eigenvalue weighted by molar-refractivity contribution is 0.0950. The van der Waals surface area contributed by atoms with Crippen molar-refractivity contribution >= 4 is 17.2 Å². The molecule has 0 bridgehead atoms. The molecule has 0 aliphatic carbocycles. The number of hydrogen-bond donors (Lipinski definition) is 1. The Bertz CT molecular complexity index is 841. The van der Waals surface area contributed by atoms with Crippen molar-refractivity contribution in [3.05, 3.63) is 65.2 Å². The van der Waals surface area contributed by atoms with Crippen molar-refractivity contribution in [1.29, 1.82) is 0 Å². The number of hydrogen-bond acceptors (Lipinski definition) is 5. The van der Waals surface area contributed by atoms with Crippen molar-refractivity contribution in [1.82, 2.24) is 10.3 Å². The first-order valence-corrected chi connectivity index (χ1v) is 8.58. The SMILES string of the molecule is COc1cc(OC)cc(C(=O)NCc2cccnc2-c2cccs2)c1. The molecule has 6 heteroatoms. The Labute approximate surface area is 150 Å². The lowest BCUT2D eigenvalue weighted by Gasteiger charge is -2.11. The molecule has 2 heterocycles. The Morgan fingerprint density at radius 1 is 1.12 bits per heavy atom. The second kappa shape index (κ2) is 7.81. The summed E-state index contributed by atoms with van der Waals surface area (Å²) in [7, 11) is 3.11. The highest BCUT2D eigenvalue weighted by atomic mass is 32.1. The van der Waals surface area contributed by atoms with Gasteiger partial charge in [-0.1, -0.05) is 12.1 Å². The summed E-state index contributed by atoms with van der Waals surface area (Å²) in [5.74, 6) is 0.952. The van der Waals surface area contributed by atoms with Crippen molar-refractivity contribution in [2.45, 2.75) is 6.54 Å². The maximum absolute atomic E-state index is 12.5. The molecule has 0 aliphatic rings. The predicted molar refractivity (Wildman–Crippen MR) is 98.3 cm³/mol. The largest absolute Gasteiger partial charge is 0.497 e. The first-order valence-electron chi connectivity index (χ1n) is 7.70. The molecule has 0 atom stereocenters. The van der Waals surface area contributed by atoms with Crippen LogP contribution in [0.25, 0.3) is 10.6 Å². The van der Waals surface area contributed by atoms with Gasteiger partial charge in [-0.3, -0.25) is 9.78 Å². The van der Waals surface area contributed by atoms with E-state index in [0.717, 1.165) is 16.1 Å². The van der Waals surface area contributed by atoms with Gasteiger partial charge in [0.25, 0.3) is 5.91 Å². The molecule has 0 spiro atoms. The predicted octanol–water partition coefficient (Wildman–Crippen LogP) is 3.76. The van der Waals surface area contributed by atoms with E-state index in [2.05, 4.69) is 10.3 Å². The van der Waals surface area contributed by atoms with Crippen LogP contribution in [-0.4, -0.2) is 25.1 Å². The molecule has 2 aromatic heterocycles. The van der Waals surface area contributed by atoms with E-state index in [1.54, 1.807) is 50.0 Å². The van der Waals surface area contributed by atoms with Crippen molar-refractivity contribution < 1.29 is 14.3 Å². The average molecular weight is 354 g/mol. The molecule has 128 valence electrons. The minimum Gasteiger partial charge on any atom is -0.497 e. The minimum atomic E-state index is -0.196. The van der Waals surface area contributed by atoms with Crippen LogP contribution >= 0.6 is 11.3 Å². The number of nitrogens with zero attached hydrogens (tertiary/aromatic N) is 1. The van der Waals surface area contributed by atoms with Crippen LogP contribution in [-0.2, 0) is 6.54 Å². The smallest absolute Gasteiger partial charge is 0.251 e. The average Bonchev–Trinajstić information content (AvgIpc) is 3.20. The second-order valence-electron chi connectivity index (χ2n) is 5.27. The molecule has 0 fully saturated rings. The number of benzene rings is 1. The summed E-state index contributed by atoms with van der Waals surface area (Å²) in [6, 6.07) is 12.9. The van der Waals surface area contributed by atoms with E-state index in [0.29, 0.717) is 23.6 Å². The fourth-order valence-corrected chi connectivity index (χ4v) is 3.19. The Morgan fingerprint density at radius 3 is 2.52 bits per heavy atom. The molecule has 0 aliphatic heterocycles. The van der Waals surface area contributed by atoms with Crippen LogP contribution in [0.1, 0.15) is 15.9 Å². The van der Waals surface area contributed by atoms with Gasteiger partial charge in [0.1, 0.15) is 11.5 Å². The molecule has 1 N–H and O–H groups in total. The summed E-state index contributed by atoms with van der Waals surface area (Å²) in [5, 5.41) is 4.94. The van der Waals surface area contributed by atoms with Crippen molar-refractivity contribution in [2.75, 3.05) is 14.2 Å². The van der Waals surface area contributed by atoms with Crippen molar-refractivity contribution in [2.24, 2.45) is 0 Å². The van der Waals surface area contributed by atoms with Crippen LogP contribution < -0.4 is 14.8 Å². The number of aromatic nitrogens is 1. The topological polar surface area (TPSA) is 60.5 Å². The van der Waals surface area contributed by atoms with E-state index in [1.807, 2.05) is 29.6 Å². The van der Waals surface area contributed by atoms with E-state index in [1.165, 1.54) is 0 Å². The van der Waals surface area contributed by atoms with Crippen LogP contribution in [0.2, 0.25) is 0 Å². The van der Waals surface area contributed by atoms with Crippen LogP contribution in [0.15, 0.2) is 54.0 Å². The number of thiophene rings is 1. The number of amides is 1. The molecule has 3 aromatic rings. The molecular weight excluding hydrogens is 336 g/mol. The summed E-state index contributed by atoms with van der Waals surface area (Å²) in [6.07, 6.45) is 1.76. The van der Waals surface area contributed by atoms with Gasteiger partial charge in [0.2, 0.25) is 0 Å². The van der Waals surface area contributed by atoms with E-state index in [9.17, 15) is 4.79 Å². The maximum Gasteiger partial charge on any atom is 0.251 e. The highest BCUT2D eigenvalue weighted by Crippen LogP contribution is 2.26. The van der Waals surface area contributed by atoms with Gasteiger partial charge in [0.05, 0.1) is 24.8 Å². The monoisotopic (exact) mass is 354 g/mol. The van der Waals surface area contributed by atoms with Crippen molar-refractivity contribution in [3.8, 4) is 22.1 Å². The molecule has 3 rings (SSSR count). The molecule has 0 saturated carbocycles. The number of carbonyl (C=O) groups is 1. The Balaban J connectivity index is 1.78. The standard InChI is InChI=1S/C19H18N2O3S/c1-23-15-9-14(10-16(11-15)24-2)19(22)21-12-13-5-3-7-20-18(13)17-6-4-8-25-17/h3-11H,12H2,1-2H3,(H,21,22). The quantitative estimate of drug-likeness (QED) is 0.732. The zero-order chi connectivity index (χ0) is 17.6. The first kappa shape index (κ1) is 17.0. The lowest BCUT2D eigenvalue weighted by atomic mass is 10.1. The van der Waals surface area contributed by atoms with Gasteiger partial charge in [-0.2, -0.15) is 0 Å². The lowest BCUT2D eigenvalue weighted by Crippen LogP contribution is -2.23. The summed E-state index contributed by atoms with van der Waals surface area (Å²) < 4.78 is 10.4. The maximum atomic E-state index is 12.5. The van der Waals surface area contributed by atoms with Gasteiger partial charge in [0, 0.05) is 24.4 Å². The Kier molecular flexibility index (Phi) is 5.30. The van der Waals surface area contributed by atoms with Gasteiger partial charge < -0.3 is 14.8 Å². The van der Waals surface area contributed by atoms with Gasteiger partial charge in [0.15, 0.2) is 0 Å². The zero-order valence-electron chi connectivity index (χ0n) is 14.0. The number of pyridine rings is 1. The van der Waals surface area contributed by atoms with E-state index >= 15 is 0 Å². The van der Waals surface area contributed by atoms with Crippen LogP contribution in [0.3, 0.4) is 0 Å². The number of nitrogens with one attached hydrogen (secondary N) is 1. The third kappa shape index (κ3) is 3.97. The van der Waals surface area contributed by atoms with E-state index in [4.69, 9.17) is 9.47 Å². The van der Waals surface area contributed by atoms with E-state index < -0.39 is 0 Å². The summed E-state index contributed by atoms with van der Waals surface area (Å²) >= 11 is 1.62. The molecule has 25 heavy (non-hydrogen) atoms. The summed E-state index contributed by atoms with van der Waals surface area (Å²) in [5.41, 5.74) is 2.34. The molecular formula is C19H18N2O3S. The molecule has 0 radical (unpaired) electrons. The number of ether oxygens (including phenoxy) is 2. The van der Waals surface area contributed by atoms with Crippen molar-refractivity contribution in [3.63, 3.8) is 0 Å². The Morgan fingerprint density at radius 2 is 1.88 bits per heavy atom. The third-order valence-electron chi connectivity index (χ3n) is 3.70. The third-order valence-corrected chi connectivity index (χ3v) is 4.58. The fourth-order valence-electron chi connectivity index (χ4n) is 2.43. The van der Waals surface area contributed by atoms with Crippen LogP contribution in [0.5, 0.6) is 11.5 Å². The van der Waals surface area contributed by atoms with E-state index in [-0.39, 0.29) is 5.91 Å². The highest BCUT2D eigenvalue weighted by Gasteiger charge is 2.12. The Hall–Kier alpha value is -2.86. The molecule has 0 unspecified atom stereocenters. The molecule has 1 aromatic carbocycles. The van der Waals surface area contributed by atoms with Gasteiger partial charge >= 0.3 is 0 Å². The molecule has 0 saturated heterocycles. The minimum absolute atomic E-state index is 0.196. The highest BCUT2D eigenvalue weighted by molar-refractivity contribution is 7.13. The summed E-state index contributed by atoms with van der Waals surface area (Å²) in [4.78, 5) is 18.0. The first-order chi connectivity index (χ1) is 12.2. The van der Waals surface area contributed by atoms with Gasteiger partial charge in [-0.15, -0.1) is 11.3 Å². The van der Waals surface area contributed by atoms with Crippen LogP contribution in [0.4, 0.5) is 0 Å². The van der Waals surface area contributed by atoms with Gasteiger partial charge in [-0.25, -0.2) is 0 Å². The second-order valence-corrected chi connectivity index (χ2v) is 6.22. The molecule has 1 amide bonds. The number of carbonyl (C=O) groups excluding carboxylic acids is 1. The summed E-state index contributed by atoms with van der Waals surface area (Å²) in [6.45, 7) is 0.388.